The van der Waals surface area contributed by atoms with Crippen molar-refractivity contribution in [2.45, 2.75) is 13.8 Å². The maximum absolute atomic E-state index is 12.5. The van der Waals surface area contributed by atoms with Crippen LogP contribution in [0.15, 0.2) is 96.2 Å². The number of carbonyl (C=O) groups excluding carboxylic acids is 2. The van der Waals surface area contributed by atoms with Gasteiger partial charge >= 0.3 is 0 Å². The number of hydrogen-bond donors (Lipinski definition) is 1. The van der Waals surface area contributed by atoms with E-state index < -0.39 is 0 Å². The first kappa shape index (κ1) is 29.9. The second kappa shape index (κ2) is 13.5. The smallest absolute Gasteiger partial charge is 0.199 e. The van der Waals surface area contributed by atoms with E-state index in [1.165, 1.54) is 0 Å². The number of nitrogens with one attached hydrogen (secondary N) is 1. The van der Waals surface area contributed by atoms with Gasteiger partial charge in [0, 0.05) is 38.0 Å². The van der Waals surface area contributed by atoms with Gasteiger partial charge in [-0.25, -0.2) is 0 Å². The molecule has 0 bridgehead atoms. The lowest BCUT2D eigenvalue weighted by atomic mass is 10.0. The molecule has 41 heavy (non-hydrogen) atoms. The number of aryl methyl sites for hydroxylation is 2. The fourth-order valence-electron chi connectivity index (χ4n) is 3.85. The van der Waals surface area contributed by atoms with Crippen molar-refractivity contribution in [2.24, 2.45) is 4.99 Å². The van der Waals surface area contributed by atoms with Crippen molar-refractivity contribution >= 4 is 70.1 Å². The van der Waals surface area contributed by atoms with Crippen molar-refractivity contribution < 1.29 is 9.59 Å². The molecule has 5 aromatic rings. The molecular formula is C31H22Cl2N4O2S2. The summed E-state index contributed by atoms with van der Waals surface area (Å²) in [5, 5.41) is 10.2. The second-order valence-corrected chi connectivity index (χ2v) is 10.3. The standard InChI is InChI=1S/C16H12ClN3OS.C15H10ClNOS/c1-10-8-12(4-7-14(10)17)15(21)11-2-5-13(6-3-11)20-9-18-19-16(20)22;1-10-8-12(4-7-14(10)16)15(18)11-2-5-13(6-3-11)17-9-19/h2-9H,1H3,(H,19,22);2-8H,1H3. The van der Waals surface area contributed by atoms with E-state index in [9.17, 15) is 9.59 Å². The van der Waals surface area contributed by atoms with Gasteiger partial charge in [-0.3, -0.25) is 19.3 Å². The molecule has 6 nitrogen and oxygen atoms in total. The lowest BCUT2D eigenvalue weighted by molar-refractivity contribution is 0.103. The van der Waals surface area contributed by atoms with Gasteiger partial charge in [0.05, 0.1) is 10.8 Å². The third kappa shape index (κ3) is 7.38. The molecule has 4 aromatic carbocycles. The quantitative estimate of drug-likeness (QED) is 0.117. The second-order valence-electron chi connectivity index (χ2n) is 8.91. The summed E-state index contributed by atoms with van der Waals surface area (Å²) in [6.45, 7) is 3.75. The number of carbonyl (C=O) groups is 2. The molecule has 0 atom stereocenters. The van der Waals surface area contributed by atoms with Gasteiger partial charge in [0.2, 0.25) is 0 Å². The summed E-state index contributed by atoms with van der Waals surface area (Å²) in [6.07, 6.45) is 1.60. The summed E-state index contributed by atoms with van der Waals surface area (Å²) in [5.74, 6) is -0.0836. The van der Waals surface area contributed by atoms with Gasteiger partial charge in [-0.1, -0.05) is 23.2 Å². The number of aromatic nitrogens is 3. The van der Waals surface area contributed by atoms with Crippen LogP contribution >= 0.6 is 47.6 Å². The zero-order valence-electron chi connectivity index (χ0n) is 21.9. The molecule has 0 unspecified atom stereocenters. The van der Waals surface area contributed by atoms with Gasteiger partial charge in [-0.2, -0.15) is 10.1 Å². The van der Waals surface area contributed by atoms with Crippen LogP contribution in [-0.2, 0) is 0 Å². The molecule has 0 fully saturated rings. The molecule has 1 aromatic heterocycles. The Bertz CT molecular complexity index is 1840. The topological polar surface area (TPSA) is 80.1 Å². The normalized spacial score (nSPS) is 10.2. The molecule has 1 N–H and O–H groups in total. The minimum atomic E-state index is -0.0438. The Morgan fingerprint density at radius 2 is 1.24 bits per heavy atom. The van der Waals surface area contributed by atoms with E-state index in [1.807, 2.05) is 26.0 Å². The summed E-state index contributed by atoms with van der Waals surface area (Å²) in [4.78, 5) is 28.6. The van der Waals surface area contributed by atoms with Crippen LogP contribution < -0.4 is 0 Å². The number of aromatic amines is 1. The largest absolute Gasteiger partial charge is 0.289 e. The molecule has 0 amide bonds. The Hall–Kier alpha value is -4.04. The summed E-state index contributed by atoms with van der Waals surface area (Å²) >= 11 is 21.6. The van der Waals surface area contributed by atoms with Gasteiger partial charge in [0.25, 0.3) is 0 Å². The number of nitrogens with zero attached hydrogens (tertiary/aromatic N) is 3. The van der Waals surface area contributed by atoms with Crippen molar-refractivity contribution in [3.05, 3.63) is 139 Å². The lowest BCUT2D eigenvalue weighted by Gasteiger charge is -2.06. The molecule has 0 radical (unpaired) electrons. The van der Waals surface area contributed by atoms with Gasteiger partial charge in [-0.05, 0) is 134 Å². The van der Waals surface area contributed by atoms with Crippen LogP contribution in [0, 0.1) is 18.6 Å². The van der Waals surface area contributed by atoms with Crippen LogP contribution in [0.3, 0.4) is 0 Å². The van der Waals surface area contributed by atoms with Crippen LogP contribution in [-0.4, -0.2) is 31.5 Å². The third-order valence-corrected chi connectivity index (χ3v) is 7.33. The van der Waals surface area contributed by atoms with E-state index in [2.05, 4.69) is 32.6 Å². The highest BCUT2D eigenvalue weighted by Gasteiger charge is 2.11. The van der Waals surface area contributed by atoms with Crippen LogP contribution in [0.2, 0.25) is 10.0 Å². The molecule has 204 valence electrons. The van der Waals surface area contributed by atoms with Crippen LogP contribution in [0.4, 0.5) is 5.69 Å². The minimum Gasteiger partial charge on any atom is -0.289 e. The Labute approximate surface area is 257 Å². The van der Waals surface area contributed by atoms with E-state index in [0.29, 0.717) is 42.8 Å². The number of rotatable bonds is 6. The molecule has 1 heterocycles. The van der Waals surface area contributed by atoms with Crippen LogP contribution in [0.1, 0.15) is 43.0 Å². The highest BCUT2D eigenvalue weighted by Crippen LogP contribution is 2.21. The van der Waals surface area contributed by atoms with Gasteiger partial charge < -0.3 is 0 Å². The third-order valence-electron chi connectivity index (χ3n) is 6.10. The fraction of sp³-hybridized carbons (Fsp3) is 0.0645. The number of hydrogen-bond acceptors (Lipinski definition) is 6. The molecule has 0 saturated heterocycles. The number of halogens is 2. The first-order chi connectivity index (χ1) is 19.7. The Morgan fingerprint density at radius 3 is 1.66 bits per heavy atom. The maximum Gasteiger partial charge on any atom is 0.199 e. The summed E-state index contributed by atoms with van der Waals surface area (Å²) in [6, 6.07) is 24.6. The summed E-state index contributed by atoms with van der Waals surface area (Å²) in [7, 11) is 0. The number of H-pyrrole nitrogens is 1. The van der Waals surface area contributed by atoms with Crippen molar-refractivity contribution in [2.75, 3.05) is 0 Å². The van der Waals surface area contributed by atoms with Gasteiger partial charge in [0.1, 0.15) is 6.33 Å². The van der Waals surface area contributed by atoms with Crippen molar-refractivity contribution in [3.8, 4) is 5.69 Å². The van der Waals surface area contributed by atoms with Crippen LogP contribution in [0.25, 0.3) is 5.69 Å². The van der Waals surface area contributed by atoms with E-state index in [0.717, 1.165) is 16.8 Å². The summed E-state index contributed by atoms with van der Waals surface area (Å²) < 4.78 is 2.24. The number of benzene rings is 4. The molecule has 0 aliphatic heterocycles. The minimum absolute atomic E-state index is 0.0397. The average molecular weight is 618 g/mol. The predicted octanol–water partition coefficient (Wildman–Crippen LogP) is 8.74. The molecule has 0 spiro atoms. The average Bonchev–Trinajstić information content (AvgIpc) is 3.42. The van der Waals surface area contributed by atoms with E-state index in [-0.39, 0.29) is 11.6 Å². The number of isothiocyanates is 1. The number of ketones is 2. The van der Waals surface area contributed by atoms with Gasteiger partial charge in [-0.15, -0.1) is 0 Å². The van der Waals surface area contributed by atoms with E-state index >= 15 is 0 Å². The lowest BCUT2D eigenvalue weighted by Crippen LogP contribution is -2.02. The molecule has 0 aliphatic carbocycles. The molecule has 5 rings (SSSR count). The predicted molar refractivity (Wildman–Crippen MR) is 169 cm³/mol. The van der Waals surface area contributed by atoms with Crippen LogP contribution in [0.5, 0.6) is 0 Å². The first-order valence-electron chi connectivity index (χ1n) is 12.2. The molecule has 0 aliphatic rings. The van der Waals surface area contributed by atoms with Gasteiger partial charge in [0.15, 0.2) is 16.3 Å². The highest BCUT2D eigenvalue weighted by molar-refractivity contribution is 7.78. The molecular weight excluding hydrogens is 595 g/mol. The zero-order valence-corrected chi connectivity index (χ0v) is 25.0. The fourth-order valence-corrected chi connectivity index (χ4v) is 4.40. The summed E-state index contributed by atoms with van der Waals surface area (Å²) in [5.41, 5.74) is 5.75. The Balaban J connectivity index is 0.000000191. The maximum atomic E-state index is 12.5. The first-order valence-corrected chi connectivity index (χ1v) is 13.8. The molecule has 10 heteroatoms. The Morgan fingerprint density at radius 1 is 0.780 bits per heavy atom. The monoisotopic (exact) mass is 616 g/mol. The number of thiocarbonyl (C=S) groups is 1. The SMILES string of the molecule is Cc1cc(C(=O)c2ccc(-n3cn[nH]c3=S)cc2)ccc1Cl.Cc1cc(C(=O)c2ccc(N=C=S)cc2)ccc1Cl. The highest BCUT2D eigenvalue weighted by atomic mass is 35.5. The Kier molecular flexibility index (Phi) is 9.89. The van der Waals surface area contributed by atoms with Crippen molar-refractivity contribution in [3.63, 3.8) is 0 Å². The van der Waals surface area contributed by atoms with Crippen molar-refractivity contribution in [1.82, 2.24) is 14.8 Å². The van der Waals surface area contributed by atoms with Crippen molar-refractivity contribution in [1.29, 1.82) is 0 Å². The molecule has 0 saturated carbocycles. The van der Waals surface area contributed by atoms with E-state index in [4.69, 9.17) is 35.4 Å². The number of aliphatic imine (C=N–C) groups is 1. The zero-order chi connectivity index (χ0) is 29.5. The van der Waals surface area contributed by atoms with E-state index in [1.54, 1.807) is 83.7 Å².